The van der Waals surface area contributed by atoms with Crippen LogP contribution in [0.4, 0.5) is 5.69 Å². The Morgan fingerprint density at radius 3 is 2.79 bits per heavy atom. The van der Waals surface area contributed by atoms with Gasteiger partial charge in [-0.1, -0.05) is 11.6 Å². The van der Waals surface area contributed by atoms with Gasteiger partial charge < -0.3 is 20.1 Å². The number of aryl methyl sites for hydroxylation is 2. The zero-order valence-electron chi connectivity index (χ0n) is 15.3. The first-order valence-corrected chi connectivity index (χ1v) is 9.87. The van der Waals surface area contributed by atoms with Crippen LogP contribution in [0.25, 0.3) is 22.3 Å². The molecule has 7 nitrogen and oxygen atoms in total. The molecule has 4 heterocycles. The highest BCUT2D eigenvalue weighted by Gasteiger charge is 2.35. The van der Waals surface area contributed by atoms with Gasteiger partial charge >= 0.3 is 5.97 Å². The van der Waals surface area contributed by atoms with Crippen molar-refractivity contribution < 1.29 is 14.6 Å². The molecule has 29 heavy (non-hydrogen) atoms. The average molecular weight is 410 g/mol. The summed E-state index contributed by atoms with van der Waals surface area (Å²) in [5, 5.41) is 11.8. The predicted octanol–water partition coefficient (Wildman–Crippen LogP) is 2.24. The molecule has 2 aliphatic heterocycles. The third kappa shape index (κ3) is 2.09. The maximum absolute atomic E-state index is 13.1. The fraction of sp³-hybridized carbons (Fsp3) is 0.286. The van der Waals surface area contributed by atoms with E-state index in [1.54, 1.807) is 16.7 Å². The number of nitrogens with zero attached hydrogens (tertiary/aromatic N) is 2. The molecule has 1 aliphatic carbocycles. The lowest BCUT2D eigenvalue weighted by Crippen LogP contribution is -2.32. The lowest BCUT2D eigenvalue weighted by atomic mass is 9.86. The van der Waals surface area contributed by atoms with Gasteiger partial charge in [-0.25, -0.2) is 9.78 Å². The predicted molar refractivity (Wildman–Crippen MR) is 107 cm³/mol. The Balaban J connectivity index is 1.68. The second kappa shape index (κ2) is 5.58. The SMILES string of the molecule is Nc1c(Cl)cc2nc3c(c4c2c1CCC4)Cn1c-3cc2c(c1=O)COC(=O)C2O. The third-order valence-corrected chi connectivity index (χ3v) is 6.62. The van der Waals surface area contributed by atoms with E-state index in [9.17, 15) is 14.7 Å². The second-order valence-electron chi connectivity index (χ2n) is 7.78. The zero-order chi connectivity index (χ0) is 20.0. The summed E-state index contributed by atoms with van der Waals surface area (Å²) in [6.45, 7) is 0.278. The summed E-state index contributed by atoms with van der Waals surface area (Å²) >= 11 is 6.35. The van der Waals surface area contributed by atoms with Crippen LogP contribution in [0.3, 0.4) is 0 Å². The minimum atomic E-state index is -1.46. The van der Waals surface area contributed by atoms with E-state index >= 15 is 0 Å². The number of cyclic esters (lactones) is 1. The van der Waals surface area contributed by atoms with Crippen LogP contribution in [0.5, 0.6) is 0 Å². The number of aliphatic hydroxyl groups is 1. The number of aliphatic hydroxyl groups excluding tert-OH is 1. The number of halogens is 1. The second-order valence-corrected chi connectivity index (χ2v) is 8.19. The highest BCUT2D eigenvalue weighted by molar-refractivity contribution is 6.34. The highest BCUT2D eigenvalue weighted by atomic mass is 35.5. The quantitative estimate of drug-likeness (QED) is 0.340. The molecular weight excluding hydrogens is 394 g/mol. The van der Waals surface area contributed by atoms with Crippen molar-refractivity contribution in [3.8, 4) is 11.4 Å². The van der Waals surface area contributed by atoms with Gasteiger partial charge in [0.2, 0.25) is 0 Å². The number of fused-ring (bicyclic) bond motifs is 5. The van der Waals surface area contributed by atoms with Gasteiger partial charge in [0.05, 0.1) is 39.7 Å². The Kier molecular flexibility index (Phi) is 3.27. The van der Waals surface area contributed by atoms with Crippen molar-refractivity contribution >= 4 is 34.2 Å². The number of pyridine rings is 2. The van der Waals surface area contributed by atoms with Crippen LogP contribution in [0, 0.1) is 0 Å². The van der Waals surface area contributed by atoms with Crippen LogP contribution >= 0.6 is 11.6 Å². The number of aromatic nitrogens is 2. The Labute approximate surface area is 169 Å². The molecule has 1 aromatic carbocycles. The standard InChI is InChI=1S/C21H16ClN3O4/c22-13-5-14-16-8(2-1-3-9(16)17(13)23)11-6-25-15(18(11)24-14)4-10-12(20(25)27)7-29-21(28)19(10)26/h4-5,19,26H,1-3,6-7,23H2. The van der Waals surface area contributed by atoms with Crippen LogP contribution in [0.15, 0.2) is 16.9 Å². The number of anilines is 1. The Morgan fingerprint density at radius 2 is 1.97 bits per heavy atom. The first-order chi connectivity index (χ1) is 14.0. The molecule has 1 unspecified atom stereocenters. The molecule has 0 spiro atoms. The van der Waals surface area contributed by atoms with Crippen molar-refractivity contribution in [3.05, 3.63) is 55.3 Å². The van der Waals surface area contributed by atoms with Crippen LogP contribution in [-0.2, 0) is 35.5 Å². The Morgan fingerprint density at radius 1 is 1.17 bits per heavy atom. The van der Waals surface area contributed by atoms with Crippen LogP contribution in [0.1, 0.15) is 40.3 Å². The number of nitrogens with two attached hydrogens (primary N) is 1. The Hall–Kier alpha value is -2.90. The maximum atomic E-state index is 13.1. The molecule has 0 amide bonds. The lowest BCUT2D eigenvalue weighted by Gasteiger charge is -2.22. The van der Waals surface area contributed by atoms with Crippen molar-refractivity contribution in [2.75, 3.05) is 5.73 Å². The molecule has 0 saturated heterocycles. The van der Waals surface area contributed by atoms with Crippen molar-refractivity contribution in [1.29, 1.82) is 0 Å². The molecule has 0 saturated carbocycles. The van der Waals surface area contributed by atoms with E-state index in [0.29, 0.717) is 39.8 Å². The molecule has 3 aromatic rings. The molecule has 3 N–H and O–H groups in total. The third-order valence-electron chi connectivity index (χ3n) is 6.31. The molecule has 0 bridgehead atoms. The monoisotopic (exact) mass is 409 g/mol. The van der Waals surface area contributed by atoms with Gasteiger partial charge in [-0.3, -0.25) is 4.79 Å². The summed E-state index contributed by atoms with van der Waals surface area (Å²) in [7, 11) is 0. The average Bonchev–Trinajstić information content (AvgIpc) is 3.08. The van der Waals surface area contributed by atoms with Crippen molar-refractivity contribution in [1.82, 2.24) is 9.55 Å². The number of nitrogen functional groups attached to an aromatic ring is 1. The van der Waals surface area contributed by atoms with Gasteiger partial charge in [-0.2, -0.15) is 0 Å². The summed E-state index contributed by atoms with van der Waals surface area (Å²) in [4.78, 5) is 29.7. The minimum Gasteiger partial charge on any atom is -0.458 e. The molecule has 6 rings (SSSR count). The number of carbonyl (C=O) groups is 1. The molecule has 146 valence electrons. The fourth-order valence-electron chi connectivity index (χ4n) is 4.93. The van der Waals surface area contributed by atoms with E-state index in [1.165, 1.54) is 0 Å². The zero-order valence-corrected chi connectivity index (χ0v) is 16.0. The van der Waals surface area contributed by atoms with Crippen molar-refractivity contribution in [3.63, 3.8) is 0 Å². The first-order valence-electron chi connectivity index (χ1n) is 9.49. The number of carbonyl (C=O) groups excluding carboxylic acids is 1. The van der Waals surface area contributed by atoms with Gasteiger partial charge in [0, 0.05) is 16.5 Å². The summed E-state index contributed by atoms with van der Waals surface area (Å²) in [5.41, 5.74) is 12.5. The fourth-order valence-corrected chi connectivity index (χ4v) is 5.14. The van der Waals surface area contributed by atoms with Crippen LogP contribution in [0.2, 0.25) is 5.02 Å². The van der Waals surface area contributed by atoms with Crippen LogP contribution in [-0.4, -0.2) is 20.6 Å². The van der Waals surface area contributed by atoms with Crippen molar-refractivity contribution in [2.24, 2.45) is 0 Å². The van der Waals surface area contributed by atoms with E-state index in [1.807, 2.05) is 0 Å². The number of hydrogen-bond acceptors (Lipinski definition) is 6. The van der Waals surface area contributed by atoms with Gasteiger partial charge in [-0.05, 0) is 42.5 Å². The number of rotatable bonds is 0. The van der Waals surface area contributed by atoms with Gasteiger partial charge in [0.15, 0.2) is 6.10 Å². The maximum Gasteiger partial charge on any atom is 0.340 e. The molecule has 8 heteroatoms. The number of ether oxygens (including phenoxy) is 1. The minimum absolute atomic E-state index is 0.126. The van der Waals surface area contributed by atoms with E-state index in [4.69, 9.17) is 27.1 Å². The molecular formula is C21H16ClN3O4. The smallest absolute Gasteiger partial charge is 0.340 e. The highest BCUT2D eigenvalue weighted by Crippen LogP contribution is 2.43. The van der Waals surface area contributed by atoms with Gasteiger partial charge in [0.25, 0.3) is 5.56 Å². The van der Waals surface area contributed by atoms with Crippen LogP contribution < -0.4 is 11.3 Å². The van der Waals surface area contributed by atoms with E-state index in [-0.39, 0.29) is 12.2 Å². The summed E-state index contributed by atoms with van der Waals surface area (Å²) in [6, 6.07) is 3.47. The Bertz CT molecular complexity index is 1340. The summed E-state index contributed by atoms with van der Waals surface area (Å²) < 4.78 is 6.60. The summed E-state index contributed by atoms with van der Waals surface area (Å²) in [5.74, 6) is -0.742. The van der Waals surface area contributed by atoms with Gasteiger partial charge in [-0.15, -0.1) is 0 Å². The first kappa shape index (κ1) is 17.0. The van der Waals surface area contributed by atoms with E-state index < -0.39 is 12.1 Å². The largest absolute Gasteiger partial charge is 0.458 e. The molecule has 0 radical (unpaired) electrons. The van der Waals surface area contributed by atoms with Gasteiger partial charge in [0.1, 0.15) is 6.61 Å². The topological polar surface area (TPSA) is 107 Å². The van der Waals surface area contributed by atoms with E-state index in [2.05, 4.69) is 0 Å². The van der Waals surface area contributed by atoms with E-state index in [0.717, 1.165) is 46.9 Å². The number of hydrogen-bond donors (Lipinski definition) is 2. The van der Waals surface area contributed by atoms with Crippen molar-refractivity contribution in [2.45, 2.75) is 38.5 Å². The number of benzene rings is 1. The lowest BCUT2D eigenvalue weighted by molar-refractivity contribution is -0.157. The molecule has 0 fully saturated rings. The number of esters is 1. The summed E-state index contributed by atoms with van der Waals surface area (Å²) in [6.07, 6.45) is 1.22. The molecule has 2 aromatic heterocycles. The molecule has 3 aliphatic rings. The molecule has 1 atom stereocenters. The normalized spacial score (nSPS) is 19.0.